The second-order valence-corrected chi connectivity index (χ2v) is 10.9. The molecule has 5 heteroatoms. The summed E-state index contributed by atoms with van der Waals surface area (Å²) in [5.41, 5.74) is -0.346. The van der Waals surface area contributed by atoms with Crippen molar-refractivity contribution in [2.75, 3.05) is 13.2 Å². The zero-order valence-corrected chi connectivity index (χ0v) is 21.1. The number of alkyl halides is 1. The molecule has 0 amide bonds. The summed E-state index contributed by atoms with van der Waals surface area (Å²) in [5, 5.41) is 0. The SMILES string of the molecule is C=CCCc1ccc(C2CCC(C=CC3CCC(C4OCC(F)(CC)CO4)CC3)CC2)c(F)c1F. The van der Waals surface area contributed by atoms with E-state index in [-0.39, 0.29) is 25.4 Å². The molecule has 0 spiro atoms. The van der Waals surface area contributed by atoms with Crippen molar-refractivity contribution in [3.05, 3.63) is 59.7 Å². The van der Waals surface area contributed by atoms with Gasteiger partial charge in [-0.3, -0.25) is 0 Å². The summed E-state index contributed by atoms with van der Waals surface area (Å²) < 4.78 is 55.0. The molecular weight excluding hydrogens is 449 g/mol. The van der Waals surface area contributed by atoms with Crippen molar-refractivity contribution in [3.63, 3.8) is 0 Å². The molecule has 1 saturated heterocycles. The highest BCUT2D eigenvalue weighted by molar-refractivity contribution is 5.30. The van der Waals surface area contributed by atoms with Gasteiger partial charge in [0, 0.05) is 5.92 Å². The summed E-state index contributed by atoms with van der Waals surface area (Å²) in [6.45, 7) is 5.78. The topological polar surface area (TPSA) is 18.5 Å². The van der Waals surface area contributed by atoms with Crippen LogP contribution >= 0.6 is 0 Å². The van der Waals surface area contributed by atoms with Gasteiger partial charge < -0.3 is 9.47 Å². The maximum atomic E-state index is 14.7. The summed E-state index contributed by atoms with van der Waals surface area (Å²) in [4.78, 5) is 0. The number of rotatable bonds is 8. The molecule has 0 radical (unpaired) electrons. The van der Waals surface area contributed by atoms with Crippen molar-refractivity contribution < 1.29 is 22.6 Å². The lowest BCUT2D eigenvalue weighted by molar-refractivity contribution is -0.256. The molecule has 1 heterocycles. The molecule has 0 atom stereocenters. The molecule has 1 aromatic rings. The second-order valence-electron chi connectivity index (χ2n) is 10.9. The van der Waals surface area contributed by atoms with Crippen LogP contribution < -0.4 is 0 Å². The number of hydrogen-bond acceptors (Lipinski definition) is 2. The fourth-order valence-corrected chi connectivity index (χ4v) is 5.95. The Balaban J connectivity index is 1.21. The third-order valence-corrected chi connectivity index (χ3v) is 8.52. The van der Waals surface area contributed by atoms with E-state index < -0.39 is 17.3 Å². The third kappa shape index (κ3) is 6.60. The molecule has 1 aromatic carbocycles. The Hall–Kier alpha value is -1.59. The van der Waals surface area contributed by atoms with E-state index in [4.69, 9.17) is 9.47 Å². The first kappa shape index (κ1) is 26.5. The highest BCUT2D eigenvalue weighted by Crippen LogP contribution is 2.40. The van der Waals surface area contributed by atoms with Crippen LogP contribution in [0.5, 0.6) is 0 Å². The van der Waals surface area contributed by atoms with Crippen LogP contribution in [0, 0.1) is 29.4 Å². The molecule has 2 aliphatic carbocycles. The summed E-state index contributed by atoms with van der Waals surface area (Å²) in [6.07, 6.45) is 15.9. The second kappa shape index (κ2) is 12.1. The first-order valence-corrected chi connectivity index (χ1v) is 13.6. The van der Waals surface area contributed by atoms with Crippen molar-refractivity contribution in [1.29, 1.82) is 0 Å². The molecule has 35 heavy (non-hydrogen) atoms. The lowest BCUT2D eigenvalue weighted by Crippen LogP contribution is -2.46. The molecule has 194 valence electrons. The summed E-state index contributed by atoms with van der Waals surface area (Å²) in [7, 11) is 0. The maximum absolute atomic E-state index is 14.7. The van der Waals surface area contributed by atoms with Crippen molar-refractivity contribution in [2.45, 2.75) is 95.4 Å². The van der Waals surface area contributed by atoms with Gasteiger partial charge in [-0.05, 0) is 99.5 Å². The minimum Gasteiger partial charge on any atom is -0.349 e. The third-order valence-electron chi connectivity index (χ3n) is 8.52. The largest absolute Gasteiger partial charge is 0.349 e. The van der Waals surface area contributed by atoms with Gasteiger partial charge in [-0.25, -0.2) is 13.2 Å². The van der Waals surface area contributed by atoms with Crippen LogP contribution in [0.3, 0.4) is 0 Å². The van der Waals surface area contributed by atoms with Gasteiger partial charge in [0.1, 0.15) is 0 Å². The van der Waals surface area contributed by atoms with Crippen LogP contribution in [0.2, 0.25) is 0 Å². The molecular formula is C30H41F3O2. The number of benzene rings is 1. The summed E-state index contributed by atoms with van der Waals surface area (Å²) in [5.74, 6) is 0.207. The standard InChI is InChI=1S/C30H41F3O2/c1-3-5-6-24-17-18-26(28(32)27(24)31)23-13-9-21(10-14-23)7-8-22-11-15-25(16-12-22)29-34-19-30(33,4-2)20-35-29/h3,7-8,17-18,21-23,25,29H,1,4-6,9-16,19-20H2,2H3. The number of allylic oxidation sites excluding steroid dienone is 3. The Morgan fingerprint density at radius 2 is 1.51 bits per heavy atom. The molecule has 2 saturated carbocycles. The first-order chi connectivity index (χ1) is 16.9. The Morgan fingerprint density at radius 1 is 0.914 bits per heavy atom. The first-order valence-electron chi connectivity index (χ1n) is 13.6. The fraction of sp³-hybridized carbons (Fsp3) is 0.667. The molecule has 0 unspecified atom stereocenters. The lowest BCUT2D eigenvalue weighted by Gasteiger charge is -2.39. The summed E-state index contributed by atoms with van der Waals surface area (Å²) in [6, 6.07) is 3.55. The van der Waals surface area contributed by atoms with Gasteiger partial charge >= 0.3 is 0 Å². The Labute approximate surface area is 209 Å². The van der Waals surface area contributed by atoms with E-state index in [0.717, 1.165) is 51.4 Å². The molecule has 3 aliphatic rings. The zero-order chi connectivity index (χ0) is 24.8. The van der Waals surface area contributed by atoms with Crippen LogP contribution in [-0.2, 0) is 15.9 Å². The number of ether oxygens (including phenoxy) is 2. The highest BCUT2D eigenvalue weighted by atomic mass is 19.2. The molecule has 0 N–H and O–H groups in total. The number of halogens is 3. The van der Waals surface area contributed by atoms with Gasteiger partial charge in [0.25, 0.3) is 0 Å². The fourth-order valence-electron chi connectivity index (χ4n) is 5.95. The maximum Gasteiger partial charge on any atom is 0.162 e. The Morgan fingerprint density at radius 3 is 2.09 bits per heavy atom. The molecule has 1 aliphatic heterocycles. The quantitative estimate of drug-likeness (QED) is 0.342. The van der Waals surface area contributed by atoms with Crippen molar-refractivity contribution in [3.8, 4) is 0 Å². The molecule has 0 bridgehead atoms. The average Bonchev–Trinajstić information content (AvgIpc) is 2.89. The number of aryl methyl sites for hydroxylation is 1. The average molecular weight is 491 g/mol. The van der Waals surface area contributed by atoms with E-state index in [1.165, 1.54) is 0 Å². The highest BCUT2D eigenvalue weighted by Gasteiger charge is 2.39. The minimum absolute atomic E-state index is 0.101. The van der Waals surface area contributed by atoms with Crippen molar-refractivity contribution in [1.82, 2.24) is 0 Å². The van der Waals surface area contributed by atoms with E-state index in [2.05, 4.69) is 18.7 Å². The van der Waals surface area contributed by atoms with E-state index in [1.807, 2.05) is 6.92 Å². The van der Waals surface area contributed by atoms with Crippen LogP contribution in [0.15, 0.2) is 36.9 Å². The summed E-state index contributed by atoms with van der Waals surface area (Å²) >= 11 is 0. The van der Waals surface area contributed by atoms with Crippen LogP contribution in [0.25, 0.3) is 0 Å². The van der Waals surface area contributed by atoms with E-state index in [1.54, 1.807) is 18.2 Å². The normalized spacial score (nSPS) is 34.2. The van der Waals surface area contributed by atoms with Gasteiger partial charge in [0.15, 0.2) is 23.6 Å². The van der Waals surface area contributed by atoms with Gasteiger partial charge in [-0.2, -0.15) is 0 Å². The predicted molar refractivity (Wildman–Crippen MR) is 134 cm³/mol. The van der Waals surface area contributed by atoms with E-state index >= 15 is 0 Å². The van der Waals surface area contributed by atoms with Crippen molar-refractivity contribution >= 4 is 0 Å². The smallest absolute Gasteiger partial charge is 0.162 e. The van der Waals surface area contributed by atoms with Crippen LogP contribution in [-0.4, -0.2) is 25.2 Å². The lowest BCUT2D eigenvalue weighted by atomic mass is 9.77. The Bertz CT molecular complexity index is 859. The van der Waals surface area contributed by atoms with Gasteiger partial charge in [-0.1, -0.05) is 37.3 Å². The monoisotopic (exact) mass is 490 g/mol. The van der Waals surface area contributed by atoms with Crippen LogP contribution in [0.1, 0.15) is 88.2 Å². The van der Waals surface area contributed by atoms with E-state index in [0.29, 0.717) is 48.1 Å². The van der Waals surface area contributed by atoms with Gasteiger partial charge in [0.05, 0.1) is 13.2 Å². The molecule has 2 nitrogen and oxygen atoms in total. The molecule has 0 aromatic heterocycles. The minimum atomic E-state index is -1.33. The zero-order valence-electron chi connectivity index (χ0n) is 21.1. The predicted octanol–water partition coefficient (Wildman–Crippen LogP) is 8.21. The molecule has 3 fully saturated rings. The Kier molecular flexibility index (Phi) is 9.15. The van der Waals surface area contributed by atoms with Gasteiger partial charge in [-0.15, -0.1) is 6.58 Å². The van der Waals surface area contributed by atoms with E-state index in [9.17, 15) is 13.2 Å². The van der Waals surface area contributed by atoms with Crippen molar-refractivity contribution in [2.24, 2.45) is 17.8 Å². The number of hydrogen-bond donors (Lipinski definition) is 0. The molecule has 4 rings (SSSR count). The van der Waals surface area contributed by atoms with Gasteiger partial charge in [0.2, 0.25) is 0 Å². The van der Waals surface area contributed by atoms with Crippen LogP contribution in [0.4, 0.5) is 13.2 Å².